The van der Waals surface area contributed by atoms with E-state index in [0.29, 0.717) is 64.2 Å². The van der Waals surface area contributed by atoms with E-state index in [4.69, 9.17) is 14.2 Å². The van der Waals surface area contributed by atoms with Gasteiger partial charge in [-0.2, -0.15) is 10.2 Å². The Hall–Kier alpha value is -4.74. The lowest BCUT2D eigenvalue weighted by Gasteiger charge is -2.25. The Bertz CT molecular complexity index is 1770. The molecular formula is C35H45N5O7. The molecule has 0 aliphatic heterocycles. The molecule has 0 saturated carbocycles. The average Bonchev–Trinajstić information content (AvgIpc) is 3.58. The van der Waals surface area contributed by atoms with Crippen LogP contribution in [0.2, 0.25) is 0 Å². The summed E-state index contributed by atoms with van der Waals surface area (Å²) < 4.78 is 19.3. The monoisotopic (exact) mass is 647 g/mol. The number of benzene rings is 2. The van der Waals surface area contributed by atoms with Crippen molar-refractivity contribution in [3.8, 4) is 11.5 Å². The molecule has 0 saturated heterocycles. The van der Waals surface area contributed by atoms with Gasteiger partial charge < -0.3 is 19.1 Å². The molecule has 47 heavy (non-hydrogen) atoms. The Labute approximate surface area is 274 Å². The van der Waals surface area contributed by atoms with Gasteiger partial charge in [0.15, 0.2) is 11.6 Å². The molecule has 12 heteroatoms. The summed E-state index contributed by atoms with van der Waals surface area (Å²) >= 11 is 0. The smallest absolute Gasteiger partial charge is 0.327 e. The second-order valence-electron chi connectivity index (χ2n) is 12.6. The van der Waals surface area contributed by atoms with E-state index in [1.54, 1.807) is 74.0 Å². The van der Waals surface area contributed by atoms with E-state index in [1.807, 2.05) is 27.7 Å². The number of fused-ring (bicyclic) bond motifs is 2. The number of amides is 1. The highest BCUT2D eigenvalue weighted by atomic mass is 16.5. The molecule has 12 nitrogen and oxygen atoms in total. The number of ketones is 2. The summed E-state index contributed by atoms with van der Waals surface area (Å²) in [6.45, 7) is 12.0. The normalized spacial score (nSPS) is 11.6. The molecule has 2 aromatic heterocycles. The van der Waals surface area contributed by atoms with Crippen LogP contribution in [0, 0.1) is 17.8 Å². The lowest BCUT2D eigenvalue weighted by molar-refractivity contribution is -0.144. The maximum absolute atomic E-state index is 13.6. The molecule has 0 unspecified atom stereocenters. The van der Waals surface area contributed by atoms with E-state index < -0.39 is 5.97 Å². The summed E-state index contributed by atoms with van der Waals surface area (Å²) in [4.78, 5) is 53.9. The fourth-order valence-corrected chi connectivity index (χ4v) is 5.31. The Morgan fingerprint density at radius 1 is 0.745 bits per heavy atom. The molecule has 0 N–H and O–H groups in total. The molecule has 2 aromatic carbocycles. The topological polar surface area (TPSA) is 135 Å². The number of aromatic nitrogens is 4. The third kappa shape index (κ3) is 8.16. The number of esters is 1. The first-order chi connectivity index (χ1) is 22.3. The van der Waals surface area contributed by atoms with Crippen LogP contribution in [-0.2, 0) is 27.4 Å². The van der Waals surface area contributed by atoms with Crippen LogP contribution >= 0.6 is 0 Å². The van der Waals surface area contributed by atoms with E-state index >= 15 is 0 Å². The maximum atomic E-state index is 13.6. The van der Waals surface area contributed by atoms with Gasteiger partial charge in [0.25, 0.3) is 0 Å². The zero-order valence-corrected chi connectivity index (χ0v) is 28.5. The number of rotatable bonds is 16. The lowest BCUT2D eigenvalue weighted by Crippen LogP contribution is -2.38. The third-order valence-electron chi connectivity index (χ3n) is 7.77. The number of hydrogen-bond donors (Lipinski definition) is 0. The van der Waals surface area contributed by atoms with Crippen molar-refractivity contribution in [2.45, 2.75) is 61.1 Å². The van der Waals surface area contributed by atoms with E-state index in [9.17, 15) is 19.2 Å². The van der Waals surface area contributed by atoms with Crippen LogP contribution in [0.25, 0.3) is 21.8 Å². The predicted molar refractivity (Wildman–Crippen MR) is 178 cm³/mol. The number of Topliss-reactive ketones (excluding diaryl/α,β-unsaturated/α-hetero) is 2. The molecule has 2 heterocycles. The van der Waals surface area contributed by atoms with Crippen molar-refractivity contribution in [3.05, 3.63) is 47.8 Å². The third-order valence-corrected chi connectivity index (χ3v) is 7.77. The van der Waals surface area contributed by atoms with Crippen LogP contribution in [0.15, 0.2) is 36.4 Å². The highest BCUT2D eigenvalue weighted by Crippen LogP contribution is 2.27. The van der Waals surface area contributed by atoms with Crippen molar-refractivity contribution in [2.24, 2.45) is 17.8 Å². The number of methoxy groups -OCH3 is 2. The highest BCUT2D eigenvalue weighted by Gasteiger charge is 2.24. The second kappa shape index (κ2) is 15.2. The summed E-state index contributed by atoms with van der Waals surface area (Å²) in [6.07, 6.45) is 0.416. The Morgan fingerprint density at radius 3 is 1.68 bits per heavy atom. The molecule has 0 aliphatic rings. The second-order valence-corrected chi connectivity index (χ2v) is 12.6. The first kappa shape index (κ1) is 35.1. The van der Waals surface area contributed by atoms with E-state index in [1.165, 1.54) is 4.68 Å². The highest BCUT2D eigenvalue weighted by molar-refractivity contribution is 6.08. The van der Waals surface area contributed by atoms with Crippen LogP contribution in [0.1, 0.15) is 68.9 Å². The predicted octanol–water partition coefficient (Wildman–Crippen LogP) is 5.20. The summed E-state index contributed by atoms with van der Waals surface area (Å²) in [5.74, 6) is -0.0328. The molecule has 0 spiro atoms. The fraction of sp³-hybridized carbons (Fsp3) is 0.486. The fourth-order valence-electron chi connectivity index (χ4n) is 5.31. The number of hydrogen-bond acceptors (Lipinski definition) is 9. The van der Waals surface area contributed by atoms with Gasteiger partial charge in [0, 0.05) is 47.8 Å². The van der Waals surface area contributed by atoms with E-state index in [-0.39, 0.29) is 54.9 Å². The quantitative estimate of drug-likeness (QED) is 0.0914. The molecule has 252 valence electrons. The van der Waals surface area contributed by atoms with Gasteiger partial charge in [-0.15, -0.1) is 0 Å². The summed E-state index contributed by atoms with van der Waals surface area (Å²) in [6, 6.07) is 10.6. The van der Waals surface area contributed by atoms with Crippen LogP contribution < -0.4 is 9.47 Å². The Balaban J connectivity index is 1.43. The first-order valence-electron chi connectivity index (χ1n) is 15.9. The summed E-state index contributed by atoms with van der Waals surface area (Å²) in [5, 5.41) is 10.3. The van der Waals surface area contributed by atoms with E-state index in [2.05, 4.69) is 10.2 Å². The maximum Gasteiger partial charge on any atom is 0.327 e. The molecule has 0 fully saturated rings. The van der Waals surface area contributed by atoms with Crippen molar-refractivity contribution in [1.82, 2.24) is 24.5 Å². The SMILES string of the molecule is COc1ccc2c(C(=O)C(C)C)nn(CC(=O)OCCCN(CC(C)C)C(=O)Cn3nc(C(=O)C(C)C)c4ccc(OC)cc43)c2c1. The number of nitrogens with zero attached hydrogens (tertiary/aromatic N) is 5. The molecule has 0 bridgehead atoms. The van der Waals surface area contributed by atoms with Gasteiger partial charge in [-0.05, 0) is 36.6 Å². The first-order valence-corrected chi connectivity index (χ1v) is 15.9. The minimum Gasteiger partial charge on any atom is -0.497 e. The standard InChI is InChI=1S/C35H45N5O7/c1-21(2)18-38(30(41)19-39-28-16-24(45-7)10-12-26(28)32(36-39)34(43)22(3)4)14-9-15-47-31(42)20-40-29-17-25(46-8)11-13-27(29)33(37-40)35(44)23(5)6/h10-13,16-17,21-23H,9,14-15,18-20H2,1-8H3. The largest absolute Gasteiger partial charge is 0.497 e. The van der Waals surface area contributed by atoms with Gasteiger partial charge in [0.1, 0.15) is 36.0 Å². The van der Waals surface area contributed by atoms with Crippen LogP contribution in [0.4, 0.5) is 0 Å². The zero-order valence-electron chi connectivity index (χ0n) is 28.5. The zero-order chi connectivity index (χ0) is 34.4. The summed E-state index contributed by atoms with van der Waals surface area (Å²) in [7, 11) is 3.10. The molecule has 4 rings (SSSR count). The van der Waals surface area contributed by atoms with Gasteiger partial charge in [0.05, 0.1) is 31.9 Å². The van der Waals surface area contributed by atoms with E-state index in [0.717, 1.165) is 0 Å². The molecular weight excluding hydrogens is 602 g/mol. The van der Waals surface area contributed by atoms with Gasteiger partial charge in [-0.1, -0.05) is 41.5 Å². The molecule has 1 amide bonds. The average molecular weight is 648 g/mol. The van der Waals surface area contributed by atoms with Crippen molar-refractivity contribution in [2.75, 3.05) is 33.9 Å². The van der Waals surface area contributed by atoms with Gasteiger partial charge in [-0.25, -0.2) is 0 Å². The van der Waals surface area contributed by atoms with Crippen LogP contribution in [0.3, 0.4) is 0 Å². The van der Waals surface area contributed by atoms with Crippen molar-refractivity contribution >= 4 is 45.2 Å². The van der Waals surface area contributed by atoms with Crippen LogP contribution in [0.5, 0.6) is 11.5 Å². The Kier molecular flexibility index (Phi) is 11.4. The van der Waals surface area contributed by atoms with Gasteiger partial charge in [0.2, 0.25) is 5.91 Å². The van der Waals surface area contributed by atoms with Gasteiger partial charge >= 0.3 is 5.97 Å². The number of ether oxygens (including phenoxy) is 3. The van der Waals surface area contributed by atoms with Crippen LogP contribution in [-0.4, -0.2) is 81.8 Å². The number of carbonyl (C=O) groups excluding carboxylic acids is 4. The minimum atomic E-state index is -0.512. The Morgan fingerprint density at radius 2 is 1.23 bits per heavy atom. The van der Waals surface area contributed by atoms with Crippen molar-refractivity contribution in [3.63, 3.8) is 0 Å². The minimum absolute atomic E-state index is 0.0607. The van der Waals surface area contributed by atoms with Gasteiger partial charge in [-0.3, -0.25) is 28.5 Å². The summed E-state index contributed by atoms with van der Waals surface area (Å²) in [5.41, 5.74) is 1.87. The molecule has 0 radical (unpaired) electrons. The lowest BCUT2D eigenvalue weighted by atomic mass is 10.0. The number of carbonyl (C=O) groups is 4. The van der Waals surface area contributed by atoms with Crippen molar-refractivity contribution in [1.29, 1.82) is 0 Å². The van der Waals surface area contributed by atoms with Crippen molar-refractivity contribution < 1.29 is 33.4 Å². The molecule has 0 aliphatic carbocycles. The molecule has 4 aromatic rings. The molecule has 0 atom stereocenters.